The van der Waals surface area contributed by atoms with Crippen molar-refractivity contribution in [1.82, 2.24) is 19.7 Å². The molecule has 0 atom stereocenters. The van der Waals surface area contributed by atoms with E-state index in [0.717, 1.165) is 38.2 Å². The van der Waals surface area contributed by atoms with Gasteiger partial charge in [0.25, 0.3) is 0 Å². The van der Waals surface area contributed by atoms with Crippen LogP contribution in [0.5, 0.6) is 0 Å². The normalized spacial score (nSPS) is 11.1. The van der Waals surface area contributed by atoms with Crippen molar-refractivity contribution in [3.8, 4) is 22.6 Å². The van der Waals surface area contributed by atoms with Gasteiger partial charge in [-0.05, 0) is 38.5 Å². The van der Waals surface area contributed by atoms with Gasteiger partial charge >= 0.3 is 5.97 Å². The van der Waals surface area contributed by atoms with Crippen LogP contribution in [0.3, 0.4) is 0 Å². The van der Waals surface area contributed by atoms with Crippen molar-refractivity contribution in [2.24, 2.45) is 7.05 Å². The molecule has 1 N–H and O–H groups in total. The van der Waals surface area contributed by atoms with Gasteiger partial charge in [-0.2, -0.15) is 0 Å². The number of rotatable bonds is 8. The highest BCUT2D eigenvalue weighted by molar-refractivity contribution is 7.99. The summed E-state index contributed by atoms with van der Waals surface area (Å²) in [4.78, 5) is 31.1. The van der Waals surface area contributed by atoms with Gasteiger partial charge in [-0.1, -0.05) is 60.3 Å². The van der Waals surface area contributed by atoms with Gasteiger partial charge in [0.05, 0.1) is 29.1 Å². The van der Waals surface area contributed by atoms with Crippen LogP contribution in [0.4, 0.5) is 5.00 Å². The zero-order valence-electron chi connectivity index (χ0n) is 22.0. The molecular weight excluding hydrogens is 530 g/mol. The number of aryl methyl sites for hydroxylation is 1. The van der Waals surface area contributed by atoms with Crippen LogP contribution in [0.2, 0.25) is 0 Å². The fourth-order valence-corrected chi connectivity index (χ4v) is 6.02. The molecule has 1 amide bonds. The fourth-order valence-electron chi connectivity index (χ4n) is 4.25. The first kappa shape index (κ1) is 26.6. The van der Waals surface area contributed by atoms with Crippen molar-refractivity contribution in [1.29, 1.82) is 0 Å². The standard InChI is InChI=1S/C29H27N5O3S2/c1-5-37-28(36)25-17(2)18(3)39-27(25)31-24(35)16-38-29-33-32-26(34(29)4)21-15-23(19-11-7-6-8-12-19)30-22-14-10-9-13-20(21)22/h6-15H,5,16H2,1-4H3,(H,31,35). The van der Waals surface area contributed by atoms with Crippen LogP contribution in [0, 0.1) is 13.8 Å². The Balaban J connectivity index is 1.38. The fraction of sp³-hybridized carbons (Fsp3) is 0.207. The lowest BCUT2D eigenvalue weighted by Gasteiger charge is -2.10. The number of pyridine rings is 1. The molecule has 0 aliphatic heterocycles. The van der Waals surface area contributed by atoms with Gasteiger partial charge in [0, 0.05) is 28.4 Å². The number of nitrogens with zero attached hydrogens (tertiary/aromatic N) is 4. The van der Waals surface area contributed by atoms with E-state index in [9.17, 15) is 9.59 Å². The van der Waals surface area contributed by atoms with Crippen LogP contribution in [0.15, 0.2) is 65.8 Å². The molecule has 39 heavy (non-hydrogen) atoms. The number of aromatic nitrogens is 4. The number of carbonyl (C=O) groups is 2. The first-order valence-corrected chi connectivity index (χ1v) is 14.2. The second-order valence-corrected chi connectivity index (χ2v) is 11.0. The van der Waals surface area contributed by atoms with E-state index in [1.807, 2.05) is 86.1 Å². The summed E-state index contributed by atoms with van der Waals surface area (Å²) in [6.45, 7) is 5.80. The number of thioether (sulfide) groups is 1. The average molecular weight is 558 g/mol. The predicted octanol–water partition coefficient (Wildman–Crippen LogP) is 6.28. The Morgan fingerprint density at radius 1 is 1.05 bits per heavy atom. The molecular formula is C29H27N5O3S2. The lowest BCUT2D eigenvalue weighted by atomic mass is 10.0. The number of para-hydroxylation sites is 1. The SMILES string of the molecule is CCOC(=O)c1c(NC(=O)CSc2nnc(-c3cc(-c4ccccc4)nc4ccccc34)n2C)sc(C)c1C. The quantitative estimate of drug-likeness (QED) is 0.177. The van der Waals surface area contributed by atoms with E-state index in [0.29, 0.717) is 21.5 Å². The average Bonchev–Trinajstić information content (AvgIpc) is 3.44. The first-order valence-electron chi connectivity index (χ1n) is 12.4. The van der Waals surface area contributed by atoms with E-state index in [-0.39, 0.29) is 18.3 Å². The van der Waals surface area contributed by atoms with Crippen molar-refractivity contribution in [2.45, 2.75) is 25.9 Å². The number of amides is 1. The molecule has 0 radical (unpaired) electrons. The largest absolute Gasteiger partial charge is 0.462 e. The molecule has 0 saturated carbocycles. The van der Waals surface area contributed by atoms with Gasteiger partial charge in [-0.25, -0.2) is 9.78 Å². The Hall–Kier alpha value is -4.02. The number of fused-ring (bicyclic) bond motifs is 1. The molecule has 2 aromatic carbocycles. The molecule has 3 aromatic heterocycles. The molecule has 10 heteroatoms. The van der Waals surface area contributed by atoms with Crippen LogP contribution in [-0.2, 0) is 16.6 Å². The summed E-state index contributed by atoms with van der Waals surface area (Å²) >= 11 is 2.65. The Kier molecular flexibility index (Phi) is 7.76. The third kappa shape index (κ3) is 5.43. The number of anilines is 1. The molecule has 5 rings (SSSR count). The van der Waals surface area contributed by atoms with Gasteiger partial charge < -0.3 is 14.6 Å². The van der Waals surface area contributed by atoms with E-state index in [1.54, 1.807) is 6.92 Å². The highest BCUT2D eigenvalue weighted by Gasteiger charge is 2.23. The highest BCUT2D eigenvalue weighted by Crippen LogP contribution is 2.34. The predicted molar refractivity (Wildman–Crippen MR) is 156 cm³/mol. The molecule has 0 spiro atoms. The molecule has 0 aliphatic rings. The van der Waals surface area contributed by atoms with Gasteiger partial charge in [-0.15, -0.1) is 21.5 Å². The van der Waals surface area contributed by atoms with Crippen molar-refractivity contribution in [3.05, 3.63) is 76.7 Å². The molecule has 3 heterocycles. The van der Waals surface area contributed by atoms with E-state index in [4.69, 9.17) is 9.72 Å². The molecule has 198 valence electrons. The molecule has 0 aliphatic carbocycles. The van der Waals surface area contributed by atoms with Crippen molar-refractivity contribution in [3.63, 3.8) is 0 Å². The smallest absolute Gasteiger partial charge is 0.341 e. The maximum absolute atomic E-state index is 12.9. The molecule has 5 aromatic rings. The number of ether oxygens (including phenoxy) is 1. The van der Waals surface area contributed by atoms with Crippen LogP contribution in [-0.4, -0.2) is 44.0 Å². The van der Waals surface area contributed by atoms with Gasteiger partial charge in [0.1, 0.15) is 5.00 Å². The number of carbonyl (C=O) groups excluding carboxylic acids is 2. The number of hydrogen-bond acceptors (Lipinski definition) is 8. The topological polar surface area (TPSA) is 99.0 Å². The van der Waals surface area contributed by atoms with Gasteiger partial charge in [-0.3, -0.25) is 4.79 Å². The second-order valence-electron chi connectivity index (χ2n) is 8.85. The summed E-state index contributed by atoms with van der Waals surface area (Å²) < 4.78 is 7.07. The number of esters is 1. The molecule has 0 bridgehead atoms. The maximum Gasteiger partial charge on any atom is 0.341 e. The lowest BCUT2D eigenvalue weighted by Crippen LogP contribution is -2.16. The Bertz CT molecular complexity index is 1680. The van der Waals surface area contributed by atoms with Crippen LogP contribution < -0.4 is 5.32 Å². The van der Waals surface area contributed by atoms with Crippen LogP contribution in [0.25, 0.3) is 33.5 Å². The van der Waals surface area contributed by atoms with Crippen LogP contribution >= 0.6 is 23.1 Å². The monoisotopic (exact) mass is 557 g/mol. The van der Waals surface area contributed by atoms with Gasteiger partial charge in [0.15, 0.2) is 11.0 Å². The summed E-state index contributed by atoms with van der Waals surface area (Å²) in [7, 11) is 1.89. The Labute approximate surface area is 234 Å². The minimum Gasteiger partial charge on any atom is -0.462 e. The summed E-state index contributed by atoms with van der Waals surface area (Å²) in [5, 5.41) is 13.8. The molecule has 8 nitrogen and oxygen atoms in total. The summed E-state index contributed by atoms with van der Waals surface area (Å²) in [6, 6.07) is 20.0. The van der Waals surface area contributed by atoms with Crippen molar-refractivity contribution in [2.75, 3.05) is 17.7 Å². The summed E-state index contributed by atoms with van der Waals surface area (Å²) in [5.41, 5.74) is 4.87. The number of thiophene rings is 1. The summed E-state index contributed by atoms with van der Waals surface area (Å²) in [6.07, 6.45) is 0. The minimum absolute atomic E-state index is 0.108. The van der Waals surface area contributed by atoms with E-state index in [1.165, 1.54) is 23.1 Å². The van der Waals surface area contributed by atoms with E-state index >= 15 is 0 Å². The maximum atomic E-state index is 12.9. The van der Waals surface area contributed by atoms with E-state index in [2.05, 4.69) is 15.5 Å². The zero-order chi connectivity index (χ0) is 27.5. The minimum atomic E-state index is -0.431. The van der Waals surface area contributed by atoms with Crippen molar-refractivity contribution < 1.29 is 14.3 Å². The number of hydrogen-bond donors (Lipinski definition) is 1. The number of nitrogens with one attached hydrogen (secondary N) is 1. The Morgan fingerprint density at radius 3 is 2.56 bits per heavy atom. The second kappa shape index (κ2) is 11.4. The zero-order valence-corrected chi connectivity index (χ0v) is 23.7. The van der Waals surface area contributed by atoms with Gasteiger partial charge in [0.2, 0.25) is 5.91 Å². The molecule has 0 fully saturated rings. The first-order chi connectivity index (χ1) is 18.9. The third-order valence-corrected chi connectivity index (χ3v) is 8.45. The van der Waals surface area contributed by atoms with E-state index < -0.39 is 5.97 Å². The molecule has 0 saturated heterocycles. The number of benzene rings is 2. The van der Waals surface area contributed by atoms with Crippen LogP contribution in [0.1, 0.15) is 27.7 Å². The lowest BCUT2D eigenvalue weighted by molar-refractivity contribution is -0.113. The Morgan fingerprint density at radius 2 is 1.79 bits per heavy atom. The summed E-state index contributed by atoms with van der Waals surface area (Å²) in [5.74, 6) is 0.121. The van der Waals surface area contributed by atoms with Crippen molar-refractivity contribution >= 4 is 50.9 Å². The highest BCUT2D eigenvalue weighted by atomic mass is 32.2. The molecule has 0 unspecified atom stereocenters. The third-order valence-electron chi connectivity index (χ3n) is 6.31.